The van der Waals surface area contributed by atoms with E-state index >= 15 is 0 Å². The van der Waals surface area contributed by atoms with Crippen LogP contribution in [0.1, 0.15) is 59.8 Å². The first kappa shape index (κ1) is 17.8. The van der Waals surface area contributed by atoms with E-state index in [1.54, 1.807) is 0 Å². The van der Waals surface area contributed by atoms with Crippen LogP contribution in [0.5, 0.6) is 0 Å². The molecule has 0 aromatic heterocycles. The van der Waals surface area contributed by atoms with Crippen LogP contribution in [-0.4, -0.2) is 48.4 Å². The van der Waals surface area contributed by atoms with E-state index in [0.29, 0.717) is 5.91 Å². The van der Waals surface area contributed by atoms with Crippen LogP contribution < -0.4 is 0 Å². The maximum absolute atomic E-state index is 12.4. The Hall–Kier alpha value is -0.570. The molecule has 2 fully saturated rings. The van der Waals surface area contributed by atoms with Crippen molar-refractivity contribution in [3.8, 4) is 0 Å². The summed E-state index contributed by atoms with van der Waals surface area (Å²) in [5.74, 6) is 3.62. The van der Waals surface area contributed by atoms with Gasteiger partial charge >= 0.3 is 0 Å². The Morgan fingerprint density at radius 2 is 1.73 bits per heavy atom. The van der Waals surface area contributed by atoms with Crippen molar-refractivity contribution in [1.82, 2.24) is 9.80 Å². The van der Waals surface area contributed by atoms with Crippen molar-refractivity contribution in [1.29, 1.82) is 0 Å². The first-order valence-electron chi connectivity index (χ1n) is 9.45. The highest BCUT2D eigenvalue weighted by molar-refractivity contribution is 5.76. The first-order chi connectivity index (χ1) is 10.5. The smallest absolute Gasteiger partial charge is 0.223 e. The zero-order chi connectivity index (χ0) is 16.1. The largest absolute Gasteiger partial charge is 0.343 e. The molecule has 2 saturated heterocycles. The van der Waals surface area contributed by atoms with Crippen molar-refractivity contribution in [2.45, 2.75) is 59.8 Å². The Balaban J connectivity index is 1.64. The summed E-state index contributed by atoms with van der Waals surface area (Å²) in [4.78, 5) is 17.0. The third kappa shape index (κ3) is 5.26. The quantitative estimate of drug-likeness (QED) is 0.748. The van der Waals surface area contributed by atoms with E-state index in [-0.39, 0.29) is 0 Å². The highest BCUT2D eigenvalue weighted by atomic mass is 16.2. The van der Waals surface area contributed by atoms with Crippen LogP contribution >= 0.6 is 0 Å². The molecule has 0 aliphatic carbocycles. The maximum Gasteiger partial charge on any atom is 0.223 e. The van der Waals surface area contributed by atoms with Crippen LogP contribution in [0.4, 0.5) is 0 Å². The summed E-state index contributed by atoms with van der Waals surface area (Å²) < 4.78 is 0. The highest BCUT2D eigenvalue weighted by Gasteiger charge is 2.26. The molecule has 0 spiro atoms. The lowest BCUT2D eigenvalue weighted by Gasteiger charge is -2.34. The van der Waals surface area contributed by atoms with Gasteiger partial charge in [0, 0.05) is 32.6 Å². The Bertz CT molecular complexity index is 345. The molecule has 128 valence electrons. The summed E-state index contributed by atoms with van der Waals surface area (Å²) >= 11 is 0. The van der Waals surface area contributed by atoms with Gasteiger partial charge in [-0.2, -0.15) is 0 Å². The summed E-state index contributed by atoms with van der Waals surface area (Å²) in [7, 11) is 0. The second-order valence-electron chi connectivity index (χ2n) is 8.30. The Labute approximate surface area is 137 Å². The molecule has 3 nitrogen and oxygen atoms in total. The van der Waals surface area contributed by atoms with Gasteiger partial charge < -0.3 is 9.80 Å². The number of piperidine rings is 1. The predicted molar refractivity (Wildman–Crippen MR) is 92.8 cm³/mol. The maximum atomic E-state index is 12.4. The number of carbonyl (C=O) groups excluding carboxylic acids is 1. The molecule has 0 bridgehead atoms. The summed E-state index contributed by atoms with van der Waals surface area (Å²) in [5, 5.41) is 0. The Morgan fingerprint density at radius 3 is 2.32 bits per heavy atom. The second kappa shape index (κ2) is 8.33. The minimum Gasteiger partial charge on any atom is -0.343 e. The number of amides is 1. The summed E-state index contributed by atoms with van der Waals surface area (Å²) in [6.07, 6.45) is 5.78. The fourth-order valence-corrected chi connectivity index (χ4v) is 4.20. The van der Waals surface area contributed by atoms with Gasteiger partial charge in [0.05, 0.1) is 0 Å². The average molecular weight is 309 g/mol. The van der Waals surface area contributed by atoms with Gasteiger partial charge in [-0.25, -0.2) is 0 Å². The number of hydrogen-bond donors (Lipinski definition) is 0. The summed E-state index contributed by atoms with van der Waals surface area (Å²) in [6.45, 7) is 14.6. The third-order valence-corrected chi connectivity index (χ3v) is 5.65. The lowest BCUT2D eigenvalue weighted by atomic mass is 9.86. The summed E-state index contributed by atoms with van der Waals surface area (Å²) in [5.41, 5.74) is 0. The van der Waals surface area contributed by atoms with Crippen LogP contribution in [0.15, 0.2) is 0 Å². The van der Waals surface area contributed by atoms with Gasteiger partial charge in [0.25, 0.3) is 0 Å². The molecule has 3 heteroatoms. The van der Waals surface area contributed by atoms with Gasteiger partial charge in [0.15, 0.2) is 0 Å². The zero-order valence-corrected chi connectivity index (χ0v) is 15.2. The average Bonchev–Trinajstić information content (AvgIpc) is 2.91. The van der Waals surface area contributed by atoms with Gasteiger partial charge in [-0.05, 0) is 55.9 Å². The lowest BCUT2D eigenvalue weighted by molar-refractivity contribution is -0.133. The summed E-state index contributed by atoms with van der Waals surface area (Å²) in [6, 6.07) is 0. The van der Waals surface area contributed by atoms with Gasteiger partial charge in [0.1, 0.15) is 0 Å². The molecule has 2 rings (SSSR count). The lowest BCUT2D eigenvalue weighted by Crippen LogP contribution is -2.40. The van der Waals surface area contributed by atoms with Gasteiger partial charge in [0.2, 0.25) is 5.91 Å². The normalized spacial score (nSPS) is 24.6. The molecule has 2 heterocycles. The molecule has 0 aromatic rings. The van der Waals surface area contributed by atoms with Crippen molar-refractivity contribution in [2.75, 3.05) is 32.7 Å². The molecule has 0 N–H and O–H groups in total. The minimum atomic E-state index is 0.384. The molecule has 22 heavy (non-hydrogen) atoms. The van der Waals surface area contributed by atoms with E-state index in [4.69, 9.17) is 0 Å². The van der Waals surface area contributed by atoms with E-state index in [1.165, 1.54) is 38.8 Å². The van der Waals surface area contributed by atoms with E-state index in [0.717, 1.165) is 49.7 Å². The van der Waals surface area contributed by atoms with Crippen LogP contribution in [0.25, 0.3) is 0 Å². The van der Waals surface area contributed by atoms with Crippen LogP contribution in [0.2, 0.25) is 0 Å². The molecular formula is C19H36N2O. The molecule has 1 atom stereocenters. The number of carbonyl (C=O) groups is 1. The van der Waals surface area contributed by atoms with Gasteiger partial charge in [-0.1, -0.05) is 27.7 Å². The number of likely N-dealkylation sites (tertiary alicyclic amines) is 2. The van der Waals surface area contributed by atoms with Crippen LogP contribution in [0.3, 0.4) is 0 Å². The number of hydrogen-bond acceptors (Lipinski definition) is 2. The van der Waals surface area contributed by atoms with E-state index in [2.05, 4.69) is 37.5 Å². The monoisotopic (exact) mass is 308 g/mol. The number of rotatable bonds is 6. The second-order valence-corrected chi connectivity index (χ2v) is 8.30. The molecular weight excluding hydrogens is 272 g/mol. The fraction of sp³-hybridized carbons (Fsp3) is 0.947. The van der Waals surface area contributed by atoms with Gasteiger partial charge in [-0.3, -0.25) is 4.79 Å². The SMILES string of the molecule is CC(C)C[C@@H]1CCN(CCC(=O)N2CCC(C(C)C)CC2)C1. The number of nitrogens with zero attached hydrogens (tertiary/aromatic N) is 2. The van der Waals surface area contributed by atoms with E-state index < -0.39 is 0 Å². The molecule has 2 aliphatic rings. The molecule has 2 aliphatic heterocycles. The molecule has 0 radical (unpaired) electrons. The zero-order valence-electron chi connectivity index (χ0n) is 15.2. The minimum absolute atomic E-state index is 0.384. The fourth-order valence-electron chi connectivity index (χ4n) is 4.20. The standard InChI is InChI=1S/C19H36N2O/c1-15(2)13-17-5-9-20(14-17)10-8-19(22)21-11-6-18(7-12-21)16(3)4/h15-18H,5-14H2,1-4H3/t17-/m0/s1. The van der Waals surface area contributed by atoms with Crippen LogP contribution in [0, 0.1) is 23.7 Å². The van der Waals surface area contributed by atoms with Crippen LogP contribution in [-0.2, 0) is 4.79 Å². The topological polar surface area (TPSA) is 23.6 Å². The van der Waals surface area contributed by atoms with E-state index in [9.17, 15) is 4.79 Å². The molecule has 0 saturated carbocycles. The van der Waals surface area contributed by atoms with Crippen molar-refractivity contribution < 1.29 is 4.79 Å². The first-order valence-corrected chi connectivity index (χ1v) is 9.45. The Kier molecular flexibility index (Phi) is 6.73. The molecule has 0 unspecified atom stereocenters. The molecule has 1 amide bonds. The highest BCUT2D eigenvalue weighted by Crippen LogP contribution is 2.25. The van der Waals surface area contributed by atoms with Crippen molar-refractivity contribution in [3.63, 3.8) is 0 Å². The van der Waals surface area contributed by atoms with E-state index in [1.807, 2.05) is 0 Å². The van der Waals surface area contributed by atoms with Crippen molar-refractivity contribution in [2.24, 2.45) is 23.7 Å². The van der Waals surface area contributed by atoms with Gasteiger partial charge in [-0.15, -0.1) is 0 Å². The van der Waals surface area contributed by atoms with Crippen molar-refractivity contribution in [3.05, 3.63) is 0 Å². The molecule has 0 aromatic carbocycles. The Morgan fingerprint density at radius 1 is 1.05 bits per heavy atom. The predicted octanol–water partition coefficient (Wildman–Crippen LogP) is 3.64. The van der Waals surface area contributed by atoms with Crippen molar-refractivity contribution >= 4 is 5.91 Å². The third-order valence-electron chi connectivity index (χ3n) is 5.65.